The molecule has 0 aliphatic carbocycles. The minimum atomic E-state index is -0.599. The zero-order valence-corrected chi connectivity index (χ0v) is 20.9. The summed E-state index contributed by atoms with van der Waals surface area (Å²) < 4.78 is 6.44. The molecule has 2 bridgehead atoms. The van der Waals surface area contributed by atoms with Crippen LogP contribution in [0, 0.1) is 17.8 Å². The highest BCUT2D eigenvalue weighted by Gasteiger charge is 2.72. The zero-order valence-electron chi connectivity index (χ0n) is 18.6. The quantitative estimate of drug-likeness (QED) is 0.417. The molecule has 4 aliphatic heterocycles. The molecule has 3 fully saturated rings. The summed E-state index contributed by atoms with van der Waals surface area (Å²) >= 11 is 19.0. The predicted molar refractivity (Wildman–Crippen MR) is 139 cm³/mol. The van der Waals surface area contributed by atoms with Crippen LogP contribution in [-0.4, -0.2) is 35.8 Å². The number of amides is 2. The maximum atomic E-state index is 13.7. The summed E-state index contributed by atoms with van der Waals surface area (Å²) in [4.78, 5) is 28.6. The van der Waals surface area contributed by atoms with Crippen molar-refractivity contribution < 1.29 is 14.3 Å². The molecule has 6 nitrogen and oxygen atoms in total. The smallest absolute Gasteiger partial charge is 0.240 e. The molecular weight excluding hydrogens is 521 g/mol. The Morgan fingerprint density at radius 2 is 1.42 bits per heavy atom. The summed E-state index contributed by atoms with van der Waals surface area (Å²) in [6, 6.07) is 21.7. The van der Waals surface area contributed by atoms with Crippen LogP contribution < -0.4 is 9.91 Å². The number of imide groups is 1. The van der Waals surface area contributed by atoms with Gasteiger partial charge in [-0.2, -0.15) is 5.10 Å². The van der Waals surface area contributed by atoms with E-state index in [9.17, 15) is 9.59 Å². The molecule has 0 unspecified atom stereocenters. The van der Waals surface area contributed by atoms with Crippen LogP contribution in [0.3, 0.4) is 0 Å². The number of para-hydroxylation sites is 1. The van der Waals surface area contributed by atoms with Crippen molar-refractivity contribution in [3.05, 3.63) is 93.4 Å². The Morgan fingerprint density at radius 1 is 0.722 bits per heavy atom. The van der Waals surface area contributed by atoms with E-state index >= 15 is 0 Å². The number of nitrogens with zero attached hydrogens (tertiary/aromatic N) is 3. The number of ether oxygens (including phenoxy) is 1. The van der Waals surface area contributed by atoms with Crippen molar-refractivity contribution in [3.8, 4) is 0 Å². The first kappa shape index (κ1) is 22.3. The molecule has 4 aliphatic rings. The largest absolute Gasteiger partial charge is 0.370 e. The van der Waals surface area contributed by atoms with Crippen LogP contribution in [-0.2, 0) is 14.3 Å². The van der Waals surface area contributed by atoms with E-state index in [0.717, 1.165) is 5.69 Å². The summed E-state index contributed by atoms with van der Waals surface area (Å²) in [5.41, 5.74) is 2.81. The number of hydrogen-bond donors (Lipinski definition) is 0. The van der Waals surface area contributed by atoms with E-state index in [-0.39, 0.29) is 23.8 Å². The van der Waals surface area contributed by atoms with Crippen LogP contribution in [0.25, 0.3) is 0 Å². The zero-order chi connectivity index (χ0) is 24.7. The maximum Gasteiger partial charge on any atom is 0.240 e. The molecule has 7 rings (SSSR count). The molecule has 0 aromatic heterocycles. The Morgan fingerprint density at radius 3 is 2.14 bits per heavy atom. The average molecular weight is 539 g/mol. The predicted octanol–water partition coefficient (Wildman–Crippen LogP) is 5.44. The van der Waals surface area contributed by atoms with Gasteiger partial charge in [0.2, 0.25) is 11.8 Å². The van der Waals surface area contributed by atoms with Gasteiger partial charge >= 0.3 is 0 Å². The summed E-state index contributed by atoms with van der Waals surface area (Å²) in [5, 5.41) is 8.28. The first-order chi connectivity index (χ1) is 17.5. The van der Waals surface area contributed by atoms with Crippen molar-refractivity contribution in [1.82, 2.24) is 0 Å². The second kappa shape index (κ2) is 8.05. The third kappa shape index (κ3) is 2.99. The first-order valence-electron chi connectivity index (χ1n) is 11.6. The second-order valence-corrected chi connectivity index (χ2v) is 10.6. The van der Waals surface area contributed by atoms with E-state index in [0.29, 0.717) is 32.0 Å². The molecule has 4 heterocycles. The number of hydrazone groups is 1. The summed E-state index contributed by atoms with van der Waals surface area (Å²) in [6.45, 7) is 0. The van der Waals surface area contributed by atoms with Crippen molar-refractivity contribution in [2.45, 2.75) is 18.2 Å². The fraction of sp³-hybridized carbons (Fsp3) is 0.222. The van der Waals surface area contributed by atoms with Gasteiger partial charge in [-0.1, -0.05) is 65.1 Å². The van der Waals surface area contributed by atoms with Crippen LogP contribution in [0.1, 0.15) is 5.56 Å². The molecule has 3 aromatic carbocycles. The average Bonchev–Trinajstić information content (AvgIpc) is 3.62. The molecule has 0 saturated carbocycles. The standard InChI is InChI=1S/C27H18Cl3N3O3/c28-13-9-11-14(12-10-13)32-26(34)18-19(27(32)35)25-23-20(24(18)36-25)22(16-7-4-8-17(29)21(16)30)31-33(23)15-5-2-1-3-6-15/h1-12,18-20,23-25H/t18-,19+,20-,23+,24+,25-/m0/s1. The molecule has 0 N–H and O–H groups in total. The fourth-order valence-electron chi connectivity index (χ4n) is 6.20. The summed E-state index contributed by atoms with van der Waals surface area (Å²) in [7, 11) is 0. The van der Waals surface area contributed by atoms with Gasteiger partial charge < -0.3 is 4.74 Å². The Bertz CT molecular complexity index is 1450. The molecule has 36 heavy (non-hydrogen) atoms. The number of carbonyl (C=O) groups is 2. The van der Waals surface area contributed by atoms with Gasteiger partial charge in [0.15, 0.2) is 0 Å². The number of hydrogen-bond acceptors (Lipinski definition) is 5. The number of anilines is 2. The Hall–Kier alpha value is -2.90. The van der Waals surface area contributed by atoms with Crippen molar-refractivity contribution in [3.63, 3.8) is 0 Å². The lowest BCUT2D eigenvalue weighted by atomic mass is 9.70. The van der Waals surface area contributed by atoms with Gasteiger partial charge in [-0.3, -0.25) is 14.6 Å². The van der Waals surface area contributed by atoms with E-state index in [1.165, 1.54) is 4.90 Å². The molecule has 0 radical (unpaired) electrons. The van der Waals surface area contributed by atoms with Gasteiger partial charge in [0.05, 0.1) is 63.1 Å². The maximum absolute atomic E-state index is 13.7. The fourth-order valence-corrected chi connectivity index (χ4v) is 6.73. The Kier molecular flexibility index (Phi) is 4.99. The van der Waals surface area contributed by atoms with Gasteiger partial charge in [-0.15, -0.1) is 0 Å². The number of fused-ring (bicyclic) bond motifs is 8. The summed E-state index contributed by atoms with van der Waals surface area (Å²) in [5.74, 6) is -1.95. The molecule has 0 spiro atoms. The lowest BCUT2D eigenvalue weighted by Gasteiger charge is -2.32. The van der Waals surface area contributed by atoms with E-state index in [2.05, 4.69) is 0 Å². The van der Waals surface area contributed by atoms with E-state index in [1.807, 2.05) is 47.5 Å². The normalized spacial score (nSPS) is 30.1. The highest BCUT2D eigenvalue weighted by molar-refractivity contribution is 6.44. The van der Waals surface area contributed by atoms with Gasteiger partial charge in [-0.25, -0.2) is 4.90 Å². The SMILES string of the molecule is O=C1[C@@H]2[C@H]3O[C@@H]([C@@H]2C(=O)N1c1ccc(Cl)cc1)[C@H]1[C@@H]3C(c2cccc(Cl)c2Cl)=NN1c1ccccc1. The minimum Gasteiger partial charge on any atom is -0.370 e. The van der Waals surface area contributed by atoms with E-state index < -0.39 is 24.0 Å². The third-order valence-corrected chi connectivity index (χ3v) is 8.70. The lowest BCUT2D eigenvalue weighted by molar-refractivity contribution is -0.125. The van der Waals surface area contributed by atoms with Crippen molar-refractivity contribution >= 4 is 63.7 Å². The molecule has 180 valence electrons. The van der Waals surface area contributed by atoms with Crippen LogP contribution >= 0.6 is 34.8 Å². The molecular formula is C27H18Cl3N3O3. The molecule has 2 amide bonds. The Balaban J connectivity index is 1.34. The van der Waals surface area contributed by atoms with Gasteiger partial charge in [-0.05, 0) is 42.5 Å². The molecule has 6 atom stereocenters. The van der Waals surface area contributed by atoms with E-state index in [4.69, 9.17) is 44.6 Å². The van der Waals surface area contributed by atoms with Crippen LogP contribution in [0.2, 0.25) is 15.1 Å². The number of carbonyl (C=O) groups excluding carboxylic acids is 2. The highest BCUT2D eigenvalue weighted by atomic mass is 35.5. The van der Waals surface area contributed by atoms with Gasteiger partial charge in [0.1, 0.15) is 0 Å². The van der Waals surface area contributed by atoms with Crippen molar-refractivity contribution in [2.75, 3.05) is 9.91 Å². The molecule has 3 saturated heterocycles. The minimum absolute atomic E-state index is 0.250. The molecule has 3 aromatic rings. The van der Waals surface area contributed by atoms with Crippen molar-refractivity contribution in [2.24, 2.45) is 22.9 Å². The number of benzene rings is 3. The van der Waals surface area contributed by atoms with Crippen LogP contribution in [0.15, 0.2) is 77.9 Å². The molecule has 9 heteroatoms. The van der Waals surface area contributed by atoms with Crippen LogP contribution in [0.5, 0.6) is 0 Å². The third-order valence-electron chi connectivity index (χ3n) is 7.63. The monoisotopic (exact) mass is 537 g/mol. The van der Waals surface area contributed by atoms with E-state index in [1.54, 1.807) is 30.3 Å². The Labute approximate surface area is 222 Å². The number of halogens is 3. The van der Waals surface area contributed by atoms with Crippen LogP contribution in [0.4, 0.5) is 11.4 Å². The second-order valence-electron chi connectivity index (χ2n) is 9.39. The highest BCUT2D eigenvalue weighted by Crippen LogP contribution is 2.57. The lowest BCUT2D eigenvalue weighted by Crippen LogP contribution is -2.50. The van der Waals surface area contributed by atoms with Gasteiger partial charge in [0, 0.05) is 10.6 Å². The number of rotatable bonds is 3. The summed E-state index contributed by atoms with van der Waals surface area (Å²) in [6.07, 6.45) is -1.01. The first-order valence-corrected chi connectivity index (χ1v) is 12.7. The van der Waals surface area contributed by atoms with Crippen molar-refractivity contribution in [1.29, 1.82) is 0 Å². The topological polar surface area (TPSA) is 62.2 Å². The van der Waals surface area contributed by atoms with Gasteiger partial charge in [0.25, 0.3) is 0 Å².